The lowest BCUT2D eigenvalue weighted by molar-refractivity contribution is 0.0802. The number of nitrogens with zero attached hydrogens (tertiary/aromatic N) is 2. The van der Waals surface area contributed by atoms with Crippen LogP contribution in [-0.2, 0) is 0 Å². The minimum absolute atomic E-state index is 0.310. The van der Waals surface area contributed by atoms with Crippen molar-refractivity contribution in [2.24, 2.45) is 0 Å². The summed E-state index contributed by atoms with van der Waals surface area (Å²) >= 11 is 0. The zero-order valence-electron chi connectivity index (χ0n) is 8.30. The van der Waals surface area contributed by atoms with Gasteiger partial charge in [0.2, 0.25) is 0 Å². The van der Waals surface area contributed by atoms with E-state index in [2.05, 4.69) is 0 Å². The summed E-state index contributed by atoms with van der Waals surface area (Å²) in [4.78, 5) is 12.3. The van der Waals surface area contributed by atoms with Crippen molar-refractivity contribution in [3.8, 4) is 6.07 Å². The summed E-state index contributed by atoms with van der Waals surface area (Å²) in [7, 11) is 1.22. The molecule has 0 radical (unpaired) electrons. The molecule has 84 valence electrons. The number of carbonyl (C=O) groups excluding carboxylic acids is 1. The standard InChI is InChI=1S/C10H7F3N2O/c1-15(3-2-14)10(16)9-7(12)4-6(11)5-8(9)13/h4-5H,3H2,1H3. The molecule has 0 N–H and O–H groups in total. The molecule has 0 aliphatic rings. The Kier molecular flexibility index (Phi) is 3.51. The molecule has 16 heavy (non-hydrogen) atoms. The van der Waals surface area contributed by atoms with Gasteiger partial charge < -0.3 is 4.90 Å². The molecule has 0 heterocycles. The predicted molar refractivity (Wildman–Crippen MR) is 48.9 cm³/mol. The van der Waals surface area contributed by atoms with Crippen molar-refractivity contribution in [2.45, 2.75) is 0 Å². The lowest BCUT2D eigenvalue weighted by Crippen LogP contribution is -2.28. The fourth-order valence-corrected chi connectivity index (χ4v) is 1.12. The van der Waals surface area contributed by atoms with Crippen LogP contribution in [0.1, 0.15) is 10.4 Å². The number of halogens is 3. The van der Waals surface area contributed by atoms with E-state index in [1.807, 2.05) is 0 Å². The first-order chi connectivity index (χ1) is 7.47. The minimum Gasteiger partial charge on any atom is -0.328 e. The van der Waals surface area contributed by atoms with E-state index in [-0.39, 0.29) is 6.54 Å². The highest BCUT2D eigenvalue weighted by Gasteiger charge is 2.21. The molecule has 0 fully saturated rings. The second-order valence-corrected chi connectivity index (χ2v) is 3.06. The van der Waals surface area contributed by atoms with Crippen LogP contribution in [0.5, 0.6) is 0 Å². The minimum atomic E-state index is -1.28. The molecule has 1 rings (SSSR count). The third kappa shape index (κ3) is 2.31. The van der Waals surface area contributed by atoms with Crippen LogP contribution in [0.25, 0.3) is 0 Å². The van der Waals surface area contributed by atoms with Crippen molar-refractivity contribution in [3.63, 3.8) is 0 Å². The maximum Gasteiger partial charge on any atom is 0.260 e. The highest BCUT2D eigenvalue weighted by molar-refractivity contribution is 5.94. The van der Waals surface area contributed by atoms with Gasteiger partial charge in [0, 0.05) is 19.2 Å². The molecule has 0 saturated carbocycles. The van der Waals surface area contributed by atoms with Gasteiger partial charge in [-0.3, -0.25) is 4.79 Å². The molecule has 0 aliphatic carbocycles. The topological polar surface area (TPSA) is 44.1 Å². The summed E-state index contributed by atoms with van der Waals surface area (Å²) in [5.74, 6) is -4.68. The van der Waals surface area contributed by atoms with Gasteiger partial charge in [-0.1, -0.05) is 0 Å². The van der Waals surface area contributed by atoms with Gasteiger partial charge in [0.25, 0.3) is 5.91 Å². The highest BCUT2D eigenvalue weighted by Crippen LogP contribution is 2.16. The zero-order chi connectivity index (χ0) is 12.3. The lowest BCUT2D eigenvalue weighted by Gasteiger charge is -2.13. The number of rotatable bonds is 2. The van der Waals surface area contributed by atoms with Gasteiger partial charge in [-0.2, -0.15) is 5.26 Å². The summed E-state index contributed by atoms with van der Waals surface area (Å²) in [5, 5.41) is 8.32. The third-order valence-electron chi connectivity index (χ3n) is 1.88. The molecular formula is C10H7F3N2O. The molecule has 6 heteroatoms. The van der Waals surface area contributed by atoms with Gasteiger partial charge in [0.1, 0.15) is 29.6 Å². The third-order valence-corrected chi connectivity index (χ3v) is 1.88. The van der Waals surface area contributed by atoms with E-state index >= 15 is 0 Å². The van der Waals surface area contributed by atoms with Gasteiger partial charge >= 0.3 is 0 Å². The van der Waals surface area contributed by atoms with Crippen LogP contribution >= 0.6 is 0 Å². The smallest absolute Gasteiger partial charge is 0.260 e. The predicted octanol–water partition coefficient (Wildman–Crippen LogP) is 1.70. The van der Waals surface area contributed by atoms with Gasteiger partial charge in [-0.15, -0.1) is 0 Å². The average Bonchev–Trinajstić information content (AvgIpc) is 2.16. The first kappa shape index (κ1) is 12.0. The molecule has 0 unspecified atom stereocenters. The molecule has 1 amide bonds. The van der Waals surface area contributed by atoms with Crippen LogP contribution in [0.2, 0.25) is 0 Å². The largest absolute Gasteiger partial charge is 0.328 e. The van der Waals surface area contributed by atoms with Crippen LogP contribution in [-0.4, -0.2) is 24.4 Å². The van der Waals surface area contributed by atoms with Crippen LogP contribution in [0, 0.1) is 28.8 Å². The number of carbonyl (C=O) groups is 1. The summed E-state index contributed by atoms with van der Waals surface area (Å²) in [6.45, 7) is -0.310. The Balaban J connectivity index is 3.15. The Bertz CT molecular complexity index is 445. The van der Waals surface area contributed by atoms with Crippen LogP contribution in [0.15, 0.2) is 12.1 Å². The van der Waals surface area contributed by atoms with E-state index in [1.54, 1.807) is 6.07 Å². The van der Waals surface area contributed by atoms with Crippen LogP contribution in [0.4, 0.5) is 13.2 Å². The summed E-state index contributed by atoms with van der Waals surface area (Å²) < 4.78 is 38.9. The van der Waals surface area contributed by atoms with Crippen molar-refractivity contribution < 1.29 is 18.0 Å². The fourth-order valence-electron chi connectivity index (χ4n) is 1.12. The second kappa shape index (κ2) is 4.66. The van der Waals surface area contributed by atoms with Crippen LogP contribution < -0.4 is 0 Å². The van der Waals surface area contributed by atoms with Crippen molar-refractivity contribution in [3.05, 3.63) is 35.1 Å². The Labute approximate surface area is 89.7 Å². The monoisotopic (exact) mass is 228 g/mol. The Morgan fingerprint density at radius 3 is 2.31 bits per heavy atom. The summed E-state index contributed by atoms with van der Waals surface area (Å²) in [6.07, 6.45) is 0. The maximum atomic E-state index is 13.2. The van der Waals surface area contributed by atoms with Gasteiger partial charge in [0.05, 0.1) is 6.07 Å². The molecule has 0 aliphatic heterocycles. The molecular weight excluding hydrogens is 221 g/mol. The zero-order valence-corrected chi connectivity index (χ0v) is 8.30. The van der Waals surface area contributed by atoms with E-state index in [0.29, 0.717) is 12.1 Å². The number of amides is 1. The quantitative estimate of drug-likeness (QED) is 0.723. The number of hydrogen-bond donors (Lipinski definition) is 0. The summed E-state index contributed by atoms with van der Waals surface area (Å²) in [6, 6.07) is 2.48. The number of nitriles is 1. The summed E-state index contributed by atoms with van der Waals surface area (Å²) in [5.41, 5.74) is -0.862. The van der Waals surface area contributed by atoms with Crippen molar-refractivity contribution in [1.29, 1.82) is 5.26 Å². The van der Waals surface area contributed by atoms with E-state index in [0.717, 1.165) is 4.90 Å². The average molecular weight is 228 g/mol. The first-order valence-corrected chi connectivity index (χ1v) is 4.24. The normalized spacial score (nSPS) is 9.69. The lowest BCUT2D eigenvalue weighted by atomic mass is 10.1. The second-order valence-electron chi connectivity index (χ2n) is 3.06. The molecule has 1 aromatic rings. The van der Waals surface area contributed by atoms with Gasteiger partial charge in [-0.05, 0) is 0 Å². The fraction of sp³-hybridized carbons (Fsp3) is 0.200. The van der Waals surface area contributed by atoms with Crippen molar-refractivity contribution in [1.82, 2.24) is 4.90 Å². The molecule has 0 atom stereocenters. The van der Waals surface area contributed by atoms with Crippen molar-refractivity contribution in [2.75, 3.05) is 13.6 Å². The van der Waals surface area contributed by atoms with Crippen molar-refractivity contribution >= 4 is 5.91 Å². The molecule has 3 nitrogen and oxygen atoms in total. The van der Waals surface area contributed by atoms with E-state index < -0.39 is 28.9 Å². The highest BCUT2D eigenvalue weighted by atomic mass is 19.1. The molecule has 0 spiro atoms. The SMILES string of the molecule is CN(CC#N)C(=O)c1c(F)cc(F)cc1F. The number of benzene rings is 1. The van der Waals surface area contributed by atoms with Gasteiger partial charge in [0.15, 0.2) is 0 Å². The van der Waals surface area contributed by atoms with Gasteiger partial charge in [-0.25, -0.2) is 13.2 Å². The number of hydrogen-bond acceptors (Lipinski definition) is 2. The molecule has 0 bridgehead atoms. The first-order valence-electron chi connectivity index (χ1n) is 4.24. The maximum absolute atomic E-state index is 13.2. The Morgan fingerprint density at radius 2 is 1.88 bits per heavy atom. The van der Waals surface area contributed by atoms with Crippen LogP contribution in [0.3, 0.4) is 0 Å². The Morgan fingerprint density at radius 1 is 1.38 bits per heavy atom. The van der Waals surface area contributed by atoms with E-state index in [4.69, 9.17) is 5.26 Å². The van der Waals surface area contributed by atoms with E-state index in [1.165, 1.54) is 7.05 Å². The molecule has 0 saturated heterocycles. The molecule has 0 aromatic heterocycles. The molecule has 1 aromatic carbocycles. The van der Waals surface area contributed by atoms with E-state index in [9.17, 15) is 18.0 Å². The Hall–Kier alpha value is -2.03.